The van der Waals surface area contributed by atoms with E-state index >= 15 is 0 Å². The predicted molar refractivity (Wildman–Crippen MR) is 86.5 cm³/mol. The highest BCUT2D eigenvalue weighted by Crippen LogP contribution is 2.26. The van der Waals surface area contributed by atoms with Crippen molar-refractivity contribution in [1.82, 2.24) is 10.6 Å². The molecule has 4 nitrogen and oxygen atoms in total. The lowest BCUT2D eigenvalue weighted by Gasteiger charge is -2.22. The lowest BCUT2D eigenvalue weighted by molar-refractivity contribution is -0.121. The predicted octanol–water partition coefficient (Wildman–Crippen LogP) is 3.04. The minimum Gasteiger partial charge on any atom is -0.496 e. The van der Waals surface area contributed by atoms with E-state index in [1.807, 2.05) is 24.3 Å². The molecule has 0 bridgehead atoms. The quantitative estimate of drug-likeness (QED) is 0.812. The number of methoxy groups -OCH3 is 1. The topological polar surface area (TPSA) is 50.4 Å². The number of ether oxygens (including phenoxy) is 1. The third kappa shape index (κ3) is 6.17. The number of hydrogen-bond acceptors (Lipinski definition) is 3. The van der Waals surface area contributed by atoms with E-state index in [2.05, 4.69) is 38.3 Å². The van der Waals surface area contributed by atoms with E-state index in [1.54, 1.807) is 7.11 Å². The molecule has 0 spiro atoms. The Morgan fingerprint density at radius 1 is 1.29 bits per heavy atom. The Hall–Kier alpha value is -1.55. The Morgan fingerprint density at radius 2 is 1.95 bits per heavy atom. The van der Waals surface area contributed by atoms with Gasteiger partial charge in [0.15, 0.2) is 0 Å². The maximum Gasteiger partial charge on any atom is 0.221 e. The second kappa shape index (κ2) is 8.03. The van der Waals surface area contributed by atoms with E-state index in [0.29, 0.717) is 13.0 Å². The summed E-state index contributed by atoms with van der Waals surface area (Å²) in [6.45, 7) is 9.01. The van der Waals surface area contributed by atoms with Crippen molar-refractivity contribution in [3.05, 3.63) is 29.8 Å². The summed E-state index contributed by atoms with van der Waals surface area (Å²) in [5, 5.41) is 6.41. The maximum absolute atomic E-state index is 12.1. The fourth-order valence-corrected chi connectivity index (χ4v) is 2.17. The Bertz CT molecular complexity index is 452. The van der Waals surface area contributed by atoms with Crippen LogP contribution in [0.3, 0.4) is 0 Å². The highest BCUT2D eigenvalue weighted by atomic mass is 16.5. The molecule has 4 heteroatoms. The van der Waals surface area contributed by atoms with Gasteiger partial charge in [-0.05, 0) is 33.3 Å². The third-order valence-electron chi connectivity index (χ3n) is 3.27. The number of carbonyl (C=O) groups excluding carboxylic acids is 1. The molecular formula is C17H28N2O2. The molecule has 1 rings (SSSR count). The molecule has 1 aromatic carbocycles. The van der Waals surface area contributed by atoms with Crippen LogP contribution in [0.2, 0.25) is 0 Å². The number of rotatable bonds is 7. The van der Waals surface area contributed by atoms with Gasteiger partial charge in [-0.25, -0.2) is 0 Å². The zero-order valence-electron chi connectivity index (χ0n) is 13.8. The minimum atomic E-state index is -0.0108. The second-order valence-corrected chi connectivity index (χ2v) is 6.20. The van der Waals surface area contributed by atoms with Gasteiger partial charge in [0, 0.05) is 24.1 Å². The van der Waals surface area contributed by atoms with Gasteiger partial charge in [0.05, 0.1) is 13.2 Å². The summed E-state index contributed by atoms with van der Waals surface area (Å²) in [7, 11) is 1.65. The fraction of sp³-hybridized carbons (Fsp3) is 0.588. The van der Waals surface area contributed by atoms with E-state index in [9.17, 15) is 4.79 Å². The average molecular weight is 292 g/mol. The van der Waals surface area contributed by atoms with E-state index < -0.39 is 0 Å². The minimum absolute atomic E-state index is 0.0108. The van der Waals surface area contributed by atoms with Crippen molar-refractivity contribution in [2.24, 2.45) is 0 Å². The van der Waals surface area contributed by atoms with Gasteiger partial charge in [-0.2, -0.15) is 0 Å². The van der Waals surface area contributed by atoms with Gasteiger partial charge in [-0.15, -0.1) is 0 Å². The van der Waals surface area contributed by atoms with Crippen molar-refractivity contribution in [2.75, 3.05) is 13.7 Å². The van der Waals surface area contributed by atoms with Crippen molar-refractivity contribution < 1.29 is 9.53 Å². The Morgan fingerprint density at radius 3 is 2.52 bits per heavy atom. The molecule has 0 heterocycles. The van der Waals surface area contributed by atoms with Crippen molar-refractivity contribution in [2.45, 2.75) is 52.1 Å². The molecule has 0 saturated heterocycles. The van der Waals surface area contributed by atoms with Crippen LogP contribution in [0.25, 0.3) is 0 Å². The van der Waals surface area contributed by atoms with Gasteiger partial charge in [0.1, 0.15) is 5.75 Å². The highest BCUT2D eigenvalue weighted by Gasteiger charge is 2.17. The molecule has 2 N–H and O–H groups in total. The molecule has 0 aliphatic carbocycles. The highest BCUT2D eigenvalue weighted by molar-refractivity contribution is 5.76. The number of hydrogen-bond donors (Lipinski definition) is 2. The molecule has 21 heavy (non-hydrogen) atoms. The van der Waals surface area contributed by atoms with Crippen LogP contribution in [0.15, 0.2) is 24.3 Å². The molecule has 1 amide bonds. The van der Waals surface area contributed by atoms with E-state index in [1.165, 1.54) is 0 Å². The molecule has 1 atom stereocenters. The van der Waals surface area contributed by atoms with Gasteiger partial charge in [0.25, 0.3) is 0 Å². The van der Waals surface area contributed by atoms with E-state index in [4.69, 9.17) is 4.74 Å². The Labute approximate surface area is 128 Å². The molecule has 1 unspecified atom stereocenters. The van der Waals surface area contributed by atoms with Crippen LogP contribution in [0.4, 0.5) is 0 Å². The van der Waals surface area contributed by atoms with E-state index in [-0.39, 0.29) is 17.5 Å². The number of amides is 1. The first kappa shape index (κ1) is 17.5. The van der Waals surface area contributed by atoms with Gasteiger partial charge in [-0.1, -0.05) is 25.1 Å². The van der Waals surface area contributed by atoms with Crippen LogP contribution in [-0.2, 0) is 4.79 Å². The molecule has 0 aliphatic rings. The number of para-hydroxylation sites is 1. The lowest BCUT2D eigenvalue weighted by atomic mass is 10.0. The largest absolute Gasteiger partial charge is 0.496 e. The van der Waals surface area contributed by atoms with E-state index in [0.717, 1.165) is 17.7 Å². The average Bonchev–Trinajstić information content (AvgIpc) is 2.43. The summed E-state index contributed by atoms with van der Waals surface area (Å²) in [5.74, 6) is 0.877. The molecule has 0 aromatic heterocycles. The Balaban J connectivity index is 2.59. The standard InChI is InChI=1S/C17H28N2O2/c1-6-14(13-9-7-8-10-15(13)21-5)19-16(20)11-12-18-17(2,3)4/h7-10,14,18H,6,11-12H2,1-5H3,(H,19,20). The van der Waals surface area contributed by atoms with Crippen LogP contribution >= 0.6 is 0 Å². The smallest absolute Gasteiger partial charge is 0.221 e. The molecule has 0 saturated carbocycles. The zero-order chi connectivity index (χ0) is 15.9. The van der Waals surface area contributed by atoms with Crippen molar-refractivity contribution in [1.29, 1.82) is 0 Å². The van der Waals surface area contributed by atoms with Crippen molar-refractivity contribution in [3.63, 3.8) is 0 Å². The Kier molecular flexibility index (Phi) is 6.69. The lowest BCUT2D eigenvalue weighted by Crippen LogP contribution is -2.39. The molecule has 118 valence electrons. The monoisotopic (exact) mass is 292 g/mol. The normalized spacial score (nSPS) is 12.8. The third-order valence-corrected chi connectivity index (χ3v) is 3.27. The van der Waals surface area contributed by atoms with Crippen molar-refractivity contribution >= 4 is 5.91 Å². The maximum atomic E-state index is 12.1. The van der Waals surface area contributed by atoms with Gasteiger partial charge < -0.3 is 15.4 Å². The summed E-state index contributed by atoms with van der Waals surface area (Å²) in [6.07, 6.45) is 1.31. The van der Waals surface area contributed by atoms with Crippen LogP contribution in [0.5, 0.6) is 5.75 Å². The summed E-state index contributed by atoms with van der Waals surface area (Å²) in [6, 6.07) is 7.81. The molecular weight excluding hydrogens is 264 g/mol. The van der Waals surface area contributed by atoms with Gasteiger partial charge >= 0.3 is 0 Å². The summed E-state index contributed by atoms with van der Waals surface area (Å²) in [5.41, 5.74) is 1.06. The molecule has 0 aliphatic heterocycles. The summed E-state index contributed by atoms with van der Waals surface area (Å²) >= 11 is 0. The van der Waals surface area contributed by atoms with Crippen LogP contribution < -0.4 is 15.4 Å². The van der Waals surface area contributed by atoms with Crippen LogP contribution in [-0.4, -0.2) is 25.1 Å². The molecule has 1 aromatic rings. The van der Waals surface area contributed by atoms with Gasteiger partial charge in [-0.3, -0.25) is 4.79 Å². The van der Waals surface area contributed by atoms with Gasteiger partial charge in [0.2, 0.25) is 5.91 Å². The molecule has 0 fully saturated rings. The number of benzene rings is 1. The SMILES string of the molecule is CCC(NC(=O)CCNC(C)(C)C)c1ccccc1OC. The first-order valence-electron chi connectivity index (χ1n) is 7.54. The fourth-order valence-electron chi connectivity index (χ4n) is 2.17. The van der Waals surface area contributed by atoms with Crippen LogP contribution in [0, 0.1) is 0 Å². The molecule has 0 radical (unpaired) electrons. The second-order valence-electron chi connectivity index (χ2n) is 6.20. The number of carbonyl (C=O) groups is 1. The van der Waals surface area contributed by atoms with Crippen molar-refractivity contribution in [3.8, 4) is 5.75 Å². The van der Waals surface area contributed by atoms with Crippen LogP contribution in [0.1, 0.15) is 52.1 Å². The first-order chi connectivity index (χ1) is 9.87. The zero-order valence-corrected chi connectivity index (χ0v) is 13.8. The summed E-state index contributed by atoms with van der Waals surface area (Å²) < 4.78 is 5.37. The summed E-state index contributed by atoms with van der Waals surface area (Å²) in [4.78, 5) is 12.1. The number of nitrogens with one attached hydrogen (secondary N) is 2. The first-order valence-corrected chi connectivity index (χ1v) is 7.54.